The average Bonchev–Trinajstić information content (AvgIpc) is 3.06. The molecule has 0 aliphatic carbocycles. The van der Waals surface area contributed by atoms with Gasteiger partial charge in [0.05, 0.1) is 12.0 Å². The lowest BCUT2D eigenvalue weighted by molar-refractivity contribution is 0.102. The monoisotopic (exact) mass is 387 g/mol. The molecule has 0 fully saturated rings. The highest BCUT2D eigenvalue weighted by Gasteiger charge is 2.18. The van der Waals surface area contributed by atoms with Crippen LogP contribution in [0.4, 0.5) is 11.5 Å². The van der Waals surface area contributed by atoms with Crippen molar-refractivity contribution in [2.45, 2.75) is 11.8 Å². The van der Waals surface area contributed by atoms with E-state index in [1.54, 1.807) is 38.3 Å². The minimum absolute atomic E-state index is 0.0643. The summed E-state index contributed by atoms with van der Waals surface area (Å²) in [5, 5.41) is 6.30. The first-order valence-electron chi connectivity index (χ1n) is 7.89. The van der Waals surface area contributed by atoms with Gasteiger partial charge < -0.3 is 14.6 Å². The van der Waals surface area contributed by atoms with Crippen LogP contribution in [0.1, 0.15) is 16.1 Å². The van der Waals surface area contributed by atoms with E-state index in [2.05, 4.69) is 15.2 Å². The Morgan fingerprint density at radius 2 is 1.85 bits per heavy atom. The summed E-state index contributed by atoms with van der Waals surface area (Å²) >= 11 is 0. The molecule has 27 heavy (non-hydrogen) atoms. The van der Waals surface area contributed by atoms with Gasteiger partial charge in [0.2, 0.25) is 0 Å². The van der Waals surface area contributed by atoms with Gasteiger partial charge in [-0.25, -0.2) is 8.42 Å². The highest BCUT2D eigenvalue weighted by atomic mass is 32.2. The van der Waals surface area contributed by atoms with E-state index >= 15 is 0 Å². The number of benzene rings is 2. The summed E-state index contributed by atoms with van der Waals surface area (Å²) in [6, 6.07) is 13.9. The number of nitrogens with zero attached hydrogens (tertiary/aromatic N) is 1. The molecule has 8 nitrogen and oxygen atoms in total. The maximum Gasteiger partial charge on any atom is 0.263 e. The Morgan fingerprint density at radius 1 is 1.11 bits per heavy atom. The lowest BCUT2D eigenvalue weighted by Gasteiger charge is -2.09. The largest absolute Gasteiger partial charge is 0.497 e. The first-order chi connectivity index (χ1) is 12.9. The molecule has 0 unspecified atom stereocenters. The fourth-order valence-electron chi connectivity index (χ4n) is 2.29. The molecular weight excluding hydrogens is 370 g/mol. The molecule has 9 heteroatoms. The zero-order chi connectivity index (χ0) is 19.4. The molecule has 0 bridgehead atoms. The van der Waals surface area contributed by atoms with E-state index in [1.165, 1.54) is 30.3 Å². The van der Waals surface area contributed by atoms with Crippen molar-refractivity contribution < 1.29 is 22.5 Å². The number of hydrogen-bond acceptors (Lipinski definition) is 6. The van der Waals surface area contributed by atoms with Gasteiger partial charge in [0.15, 0.2) is 5.82 Å². The number of hydrogen-bond donors (Lipinski definition) is 2. The van der Waals surface area contributed by atoms with Gasteiger partial charge in [0.1, 0.15) is 11.5 Å². The first-order valence-corrected chi connectivity index (χ1v) is 9.37. The predicted molar refractivity (Wildman–Crippen MR) is 99.4 cm³/mol. The summed E-state index contributed by atoms with van der Waals surface area (Å²) in [6.45, 7) is 1.65. The zero-order valence-corrected chi connectivity index (χ0v) is 15.4. The smallest absolute Gasteiger partial charge is 0.263 e. The summed E-state index contributed by atoms with van der Waals surface area (Å²) in [6.07, 6.45) is 0. The van der Waals surface area contributed by atoms with Crippen LogP contribution < -0.4 is 14.8 Å². The number of aryl methyl sites for hydroxylation is 1. The maximum absolute atomic E-state index is 12.5. The minimum Gasteiger partial charge on any atom is -0.497 e. The minimum atomic E-state index is -3.91. The van der Waals surface area contributed by atoms with Crippen molar-refractivity contribution in [3.8, 4) is 5.75 Å². The molecule has 3 rings (SSSR count). The highest BCUT2D eigenvalue weighted by molar-refractivity contribution is 7.92. The quantitative estimate of drug-likeness (QED) is 0.673. The topological polar surface area (TPSA) is 111 Å². The number of methoxy groups -OCH3 is 1. The number of amides is 1. The van der Waals surface area contributed by atoms with Crippen molar-refractivity contribution in [1.82, 2.24) is 5.16 Å². The number of nitrogens with one attached hydrogen (secondary N) is 2. The third kappa shape index (κ3) is 4.45. The third-order valence-electron chi connectivity index (χ3n) is 3.62. The Balaban J connectivity index is 1.78. The molecule has 2 aromatic carbocycles. The predicted octanol–water partition coefficient (Wildman–Crippen LogP) is 3.04. The van der Waals surface area contributed by atoms with Crippen molar-refractivity contribution in [3.63, 3.8) is 0 Å². The summed E-state index contributed by atoms with van der Waals surface area (Å²) in [7, 11) is -2.36. The van der Waals surface area contributed by atoms with Gasteiger partial charge in [0, 0.05) is 17.3 Å². The van der Waals surface area contributed by atoms with Gasteiger partial charge in [-0.05, 0) is 49.4 Å². The number of anilines is 2. The molecule has 0 spiro atoms. The van der Waals surface area contributed by atoms with E-state index in [0.717, 1.165) is 0 Å². The van der Waals surface area contributed by atoms with Crippen LogP contribution in [-0.2, 0) is 10.0 Å². The number of rotatable bonds is 6. The molecule has 0 aliphatic rings. The molecule has 0 atom stereocenters. The molecule has 1 amide bonds. The number of carbonyl (C=O) groups is 1. The van der Waals surface area contributed by atoms with E-state index in [0.29, 0.717) is 17.2 Å². The summed E-state index contributed by atoms with van der Waals surface area (Å²) < 4.78 is 37.2. The van der Waals surface area contributed by atoms with Crippen LogP contribution in [0, 0.1) is 6.92 Å². The molecule has 1 heterocycles. The Labute approximate surface area is 156 Å². The number of ether oxygens (including phenoxy) is 1. The van der Waals surface area contributed by atoms with Crippen LogP contribution in [0.3, 0.4) is 0 Å². The summed E-state index contributed by atoms with van der Waals surface area (Å²) in [5.74, 6) is 0.769. The lowest BCUT2D eigenvalue weighted by atomic mass is 10.2. The van der Waals surface area contributed by atoms with Gasteiger partial charge in [-0.2, -0.15) is 0 Å². The molecule has 0 saturated carbocycles. The van der Waals surface area contributed by atoms with Gasteiger partial charge in [-0.3, -0.25) is 9.52 Å². The number of carbonyl (C=O) groups excluding carboxylic acids is 1. The van der Waals surface area contributed by atoms with Gasteiger partial charge >= 0.3 is 0 Å². The van der Waals surface area contributed by atoms with E-state index in [-0.39, 0.29) is 16.3 Å². The Bertz CT molecular complexity index is 1060. The van der Waals surface area contributed by atoms with Crippen molar-refractivity contribution in [2.24, 2.45) is 0 Å². The van der Waals surface area contributed by atoms with E-state index in [1.807, 2.05) is 0 Å². The molecule has 0 saturated heterocycles. The molecular formula is C18H17N3O5S. The maximum atomic E-state index is 12.5. The fraction of sp³-hybridized carbons (Fsp3) is 0.111. The molecule has 140 valence electrons. The van der Waals surface area contributed by atoms with Gasteiger partial charge in [-0.1, -0.05) is 11.2 Å². The molecule has 1 aromatic heterocycles. The van der Waals surface area contributed by atoms with Crippen LogP contribution in [0.15, 0.2) is 64.0 Å². The average molecular weight is 387 g/mol. The van der Waals surface area contributed by atoms with Crippen molar-refractivity contribution in [1.29, 1.82) is 0 Å². The third-order valence-corrected chi connectivity index (χ3v) is 4.97. The van der Waals surface area contributed by atoms with Crippen molar-refractivity contribution in [3.05, 3.63) is 65.9 Å². The van der Waals surface area contributed by atoms with Gasteiger partial charge in [-0.15, -0.1) is 0 Å². The van der Waals surface area contributed by atoms with Gasteiger partial charge in [0.25, 0.3) is 15.9 Å². The lowest BCUT2D eigenvalue weighted by Crippen LogP contribution is -2.16. The second-order valence-electron chi connectivity index (χ2n) is 5.64. The fourth-order valence-corrected chi connectivity index (χ4v) is 3.32. The Kier molecular flexibility index (Phi) is 5.13. The molecule has 0 radical (unpaired) electrons. The van der Waals surface area contributed by atoms with E-state index < -0.39 is 15.9 Å². The zero-order valence-electron chi connectivity index (χ0n) is 14.6. The SMILES string of the molecule is COc1ccc(NC(=O)c2cccc(S(=O)(=O)Nc3cc(C)on3)c2)cc1. The standard InChI is InChI=1S/C18H17N3O5S/c1-12-10-17(20-26-12)21-27(23,24)16-5-3-4-13(11-16)18(22)19-14-6-8-15(25-2)9-7-14/h3-11H,1-2H3,(H,19,22)(H,20,21). The first kappa shape index (κ1) is 18.5. The second kappa shape index (κ2) is 7.50. The van der Waals surface area contributed by atoms with Crippen molar-refractivity contribution >= 4 is 27.4 Å². The molecule has 0 aliphatic heterocycles. The van der Waals surface area contributed by atoms with Crippen LogP contribution in [0.5, 0.6) is 5.75 Å². The van der Waals surface area contributed by atoms with Crippen LogP contribution >= 0.6 is 0 Å². The summed E-state index contributed by atoms with van der Waals surface area (Å²) in [5.41, 5.74) is 0.760. The Hall–Kier alpha value is -3.33. The highest BCUT2D eigenvalue weighted by Crippen LogP contribution is 2.19. The van der Waals surface area contributed by atoms with Crippen LogP contribution in [0.25, 0.3) is 0 Å². The Morgan fingerprint density at radius 3 is 2.48 bits per heavy atom. The van der Waals surface area contributed by atoms with Crippen LogP contribution in [0.2, 0.25) is 0 Å². The molecule has 2 N–H and O–H groups in total. The normalized spacial score (nSPS) is 11.0. The second-order valence-corrected chi connectivity index (χ2v) is 7.32. The van der Waals surface area contributed by atoms with Crippen molar-refractivity contribution in [2.75, 3.05) is 17.1 Å². The molecule has 3 aromatic rings. The number of sulfonamides is 1. The number of aromatic nitrogens is 1. The van der Waals surface area contributed by atoms with E-state index in [9.17, 15) is 13.2 Å². The van der Waals surface area contributed by atoms with E-state index in [4.69, 9.17) is 9.26 Å². The summed E-state index contributed by atoms with van der Waals surface area (Å²) in [4.78, 5) is 12.4. The van der Waals surface area contributed by atoms with Crippen LogP contribution in [-0.4, -0.2) is 26.6 Å².